The van der Waals surface area contributed by atoms with Crippen LogP contribution in [0.1, 0.15) is 32.7 Å². The molecule has 2 aliphatic rings. The molecule has 3 aromatic rings. The van der Waals surface area contributed by atoms with Crippen LogP contribution >= 0.6 is 0 Å². The second-order valence-corrected chi connectivity index (χ2v) is 7.31. The van der Waals surface area contributed by atoms with Crippen LogP contribution in [0.15, 0.2) is 54.6 Å². The number of carbonyl (C=O) groups is 2. The molecule has 0 unspecified atom stereocenters. The zero-order valence-corrected chi connectivity index (χ0v) is 14.9. The van der Waals surface area contributed by atoms with Crippen molar-refractivity contribution < 1.29 is 24.5 Å². The number of carbonyl (C=O) groups excluding carboxylic acids is 2. The normalized spacial score (nSPS) is 20.6. The van der Waals surface area contributed by atoms with Gasteiger partial charge in [-0.25, -0.2) is 4.79 Å². The van der Waals surface area contributed by atoms with E-state index < -0.39 is 5.60 Å². The molecule has 6 heteroatoms. The van der Waals surface area contributed by atoms with Gasteiger partial charge in [0.15, 0.2) is 5.60 Å². The van der Waals surface area contributed by atoms with E-state index in [2.05, 4.69) is 0 Å². The molecular weight excluding hydrogens is 358 g/mol. The van der Waals surface area contributed by atoms with Gasteiger partial charge < -0.3 is 19.8 Å². The zero-order chi connectivity index (χ0) is 19.5. The van der Waals surface area contributed by atoms with E-state index in [1.807, 2.05) is 12.1 Å². The Morgan fingerprint density at radius 2 is 1.86 bits per heavy atom. The summed E-state index contributed by atoms with van der Waals surface area (Å²) in [5.74, 6) is -0.729. The first-order chi connectivity index (χ1) is 13.5. The molecule has 3 aromatic carbocycles. The number of ether oxygens (including phenoxy) is 1. The van der Waals surface area contributed by atoms with E-state index in [0.29, 0.717) is 23.9 Å². The third-order valence-electron chi connectivity index (χ3n) is 5.61. The predicted molar refractivity (Wildman–Crippen MR) is 101 cm³/mol. The molecule has 1 saturated heterocycles. The van der Waals surface area contributed by atoms with Gasteiger partial charge in [-0.15, -0.1) is 0 Å². The van der Waals surface area contributed by atoms with Crippen molar-refractivity contribution in [3.05, 3.63) is 71.3 Å². The van der Waals surface area contributed by atoms with Crippen LogP contribution in [0.3, 0.4) is 0 Å². The van der Waals surface area contributed by atoms with Crippen molar-refractivity contribution in [1.82, 2.24) is 4.90 Å². The highest BCUT2D eigenvalue weighted by Crippen LogP contribution is 2.44. The van der Waals surface area contributed by atoms with Crippen molar-refractivity contribution >= 4 is 22.6 Å². The summed E-state index contributed by atoms with van der Waals surface area (Å²) in [6.45, 7) is 0.657. The van der Waals surface area contributed by atoms with E-state index in [-0.39, 0.29) is 35.5 Å². The highest BCUT2D eigenvalue weighted by molar-refractivity contribution is 6.02. The second-order valence-electron chi connectivity index (χ2n) is 7.31. The largest absolute Gasteiger partial charge is 0.508 e. The van der Waals surface area contributed by atoms with Crippen LogP contribution in [-0.4, -0.2) is 40.1 Å². The molecule has 1 atom stereocenters. The van der Waals surface area contributed by atoms with Crippen LogP contribution in [0.2, 0.25) is 0 Å². The van der Waals surface area contributed by atoms with Crippen LogP contribution < -0.4 is 0 Å². The zero-order valence-electron chi connectivity index (χ0n) is 14.9. The molecule has 1 amide bonds. The van der Waals surface area contributed by atoms with Crippen molar-refractivity contribution in [3.63, 3.8) is 0 Å². The Hall–Kier alpha value is -3.54. The maximum atomic E-state index is 13.1. The van der Waals surface area contributed by atoms with Gasteiger partial charge in [0, 0.05) is 18.5 Å². The molecule has 6 nitrogen and oxygen atoms in total. The van der Waals surface area contributed by atoms with Gasteiger partial charge >= 0.3 is 5.97 Å². The fourth-order valence-corrected chi connectivity index (χ4v) is 4.22. The molecule has 0 radical (unpaired) electrons. The number of benzene rings is 3. The van der Waals surface area contributed by atoms with E-state index in [0.717, 1.165) is 10.9 Å². The first-order valence-corrected chi connectivity index (χ1v) is 9.05. The summed E-state index contributed by atoms with van der Waals surface area (Å²) in [7, 11) is 0. The van der Waals surface area contributed by atoms with E-state index in [4.69, 9.17) is 4.74 Å². The molecule has 1 fully saturated rings. The number of hydrogen-bond acceptors (Lipinski definition) is 5. The minimum atomic E-state index is -0.825. The van der Waals surface area contributed by atoms with Gasteiger partial charge in [-0.05, 0) is 41.1 Å². The Kier molecular flexibility index (Phi) is 3.40. The fraction of sp³-hybridized carbons (Fsp3) is 0.182. The van der Waals surface area contributed by atoms with Crippen LogP contribution in [-0.2, 0) is 10.3 Å². The average Bonchev–Trinajstić information content (AvgIpc) is 3.23. The molecule has 1 spiro atoms. The lowest BCUT2D eigenvalue weighted by molar-refractivity contribution is -0.00308. The molecule has 0 saturated carbocycles. The van der Waals surface area contributed by atoms with Crippen molar-refractivity contribution in [1.29, 1.82) is 0 Å². The lowest BCUT2D eigenvalue weighted by Crippen LogP contribution is -2.34. The van der Waals surface area contributed by atoms with Crippen molar-refractivity contribution in [2.75, 3.05) is 13.1 Å². The Labute approximate surface area is 160 Å². The minimum absolute atomic E-state index is 0.0891. The van der Waals surface area contributed by atoms with Crippen molar-refractivity contribution in [2.24, 2.45) is 0 Å². The minimum Gasteiger partial charge on any atom is -0.508 e. The Balaban J connectivity index is 1.49. The molecule has 2 heterocycles. The van der Waals surface area contributed by atoms with Crippen molar-refractivity contribution in [3.8, 4) is 11.5 Å². The summed E-state index contributed by atoms with van der Waals surface area (Å²) in [6, 6.07) is 15.1. The second kappa shape index (κ2) is 5.73. The number of esters is 1. The standard InChI is InChI=1S/C22H17NO5/c24-15-6-5-13-11-19(25)17(10-14(13)9-15)20(26)23-8-7-22(12-23)18-4-2-1-3-16(18)21(27)28-22/h1-6,9-11,24-25H,7-8,12H2/t22-/m0/s1. The third-order valence-corrected chi connectivity index (χ3v) is 5.61. The number of phenols is 2. The summed E-state index contributed by atoms with van der Waals surface area (Å²) < 4.78 is 5.68. The maximum absolute atomic E-state index is 13.1. The Bertz CT molecular complexity index is 1150. The summed E-state index contributed by atoms with van der Waals surface area (Å²) in [5.41, 5.74) is 0.685. The van der Waals surface area contributed by atoms with Crippen LogP contribution in [0, 0.1) is 0 Å². The van der Waals surface area contributed by atoms with Crippen molar-refractivity contribution in [2.45, 2.75) is 12.0 Å². The first kappa shape index (κ1) is 16.6. The summed E-state index contributed by atoms with van der Waals surface area (Å²) in [4.78, 5) is 26.9. The predicted octanol–water partition coefficient (Wildman–Crippen LogP) is 3.16. The quantitative estimate of drug-likeness (QED) is 0.638. The number of rotatable bonds is 1. The first-order valence-electron chi connectivity index (χ1n) is 9.05. The van der Waals surface area contributed by atoms with E-state index in [1.165, 1.54) is 12.1 Å². The van der Waals surface area contributed by atoms with Gasteiger partial charge in [0.1, 0.15) is 11.5 Å². The number of likely N-dealkylation sites (tertiary alicyclic amines) is 1. The van der Waals surface area contributed by atoms with E-state index in [1.54, 1.807) is 35.2 Å². The van der Waals surface area contributed by atoms with Gasteiger partial charge in [-0.1, -0.05) is 24.3 Å². The number of aromatic hydroxyl groups is 2. The van der Waals surface area contributed by atoms with E-state index >= 15 is 0 Å². The van der Waals surface area contributed by atoms with Gasteiger partial charge in [-0.3, -0.25) is 4.79 Å². The number of amides is 1. The van der Waals surface area contributed by atoms with Gasteiger partial charge in [0.2, 0.25) is 0 Å². The van der Waals surface area contributed by atoms with Crippen LogP contribution in [0.25, 0.3) is 10.8 Å². The molecular formula is C22H17NO5. The SMILES string of the molecule is O=C1O[C@]2(CCN(C(=O)c3cc4cc(O)ccc4cc3O)C2)c2ccccc21. The van der Waals surface area contributed by atoms with Crippen LogP contribution in [0.5, 0.6) is 11.5 Å². The summed E-state index contributed by atoms with van der Waals surface area (Å²) in [5, 5.41) is 21.4. The summed E-state index contributed by atoms with van der Waals surface area (Å²) in [6.07, 6.45) is 0.511. The third kappa shape index (κ3) is 2.34. The molecule has 2 N–H and O–H groups in total. The molecule has 0 bridgehead atoms. The van der Waals surface area contributed by atoms with E-state index in [9.17, 15) is 19.8 Å². The number of fused-ring (bicyclic) bond motifs is 3. The highest BCUT2D eigenvalue weighted by atomic mass is 16.6. The highest BCUT2D eigenvalue weighted by Gasteiger charge is 2.51. The monoisotopic (exact) mass is 375 g/mol. The molecule has 0 aliphatic carbocycles. The topological polar surface area (TPSA) is 87.1 Å². The summed E-state index contributed by atoms with van der Waals surface area (Å²) >= 11 is 0. The number of nitrogens with zero attached hydrogens (tertiary/aromatic N) is 1. The maximum Gasteiger partial charge on any atom is 0.339 e. The van der Waals surface area contributed by atoms with Gasteiger partial charge in [0.05, 0.1) is 17.7 Å². The molecule has 140 valence electrons. The molecule has 28 heavy (non-hydrogen) atoms. The van der Waals surface area contributed by atoms with Gasteiger partial charge in [-0.2, -0.15) is 0 Å². The van der Waals surface area contributed by atoms with Crippen LogP contribution in [0.4, 0.5) is 0 Å². The lowest BCUT2D eigenvalue weighted by Gasteiger charge is -2.24. The Morgan fingerprint density at radius 1 is 1.04 bits per heavy atom. The molecule has 5 rings (SSSR count). The fourth-order valence-electron chi connectivity index (χ4n) is 4.22. The molecule has 2 aliphatic heterocycles. The smallest absolute Gasteiger partial charge is 0.339 e. The number of phenolic OH excluding ortho intramolecular Hbond substituents is 2. The number of hydrogen-bond donors (Lipinski definition) is 2. The average molecular weight is 375 g/mol. The lowest BCUT2D eigenvalue weighted by atomic mass is 9.91. The molecule has 0 aromatic heterocycles. The Morgan fingerprint density at radius 3 is 2.71 bits per heavy atom. The van der Waals surface area contributed by atoms with Gasteiger partial charge in [0.25, 0.3) is 5.91 Å².